The molecule has 100 valence electrons. The van der Waals surface area contributed by atoms with Gasteiger partial charge >= 0.3 is 0 Å². The van der Waals surface area contributed by atoms with Crippen LogP contribution in [0.4, 0.5) is 8.78 Å². The smallest absolute Gasteiger partial charge is 0.190 e. The van der Waals surface area contributed by atoms with E-state index in [2.05, 4.69) is 0 Å². The predicted molar refractivity (Wildman–Crippen MR) is 72.5 cm³/mol. The van der Waals surface area contributed by atoms with E-state index in [1.54, 1.807) is 6.92 Å². The van der Waals surface area contributed by atoms with Crippen molar-refractivity contribution in [3.05, 3.63) is 53.1 Å². The fourth-order valence-corrected chi connectivity index (χ4v) is 2.14. The molecule has 2 aromatic carbocycles. The Kier molecular flexibility index (Phi) is 3.84. The molecule has 0 aliphatic heterocycles. The summed E-state index contributed by atoms with van der Waals surface area (Å²) in [6, 6.07) is 9.02. The van der Waals surface area contributed by atoms with Gasteiger partial charge in [0.1, 0.15) is 0 Å². The molecule has 2 rings (SSSR count). The molecule has 0 N–H and O–H groups in total. The van der Waals surface area contributed by atoms with Gasteiger partial charge in [0, 0.05) is 0 Å². The van der Waals surface area contributed by atoms with Gasteiger partial charge in [-0.25, -0.2) is 8.78 Å². The zero-order valence-corrected chi connectivity index (χ0v) is 11.3. The summed E-state index contributed by atoms with van der Waals surface area (Å²) in [5, 5.41) is 0. The molecule has 0 saturated heterocycles. The molecule has 0 aliphatic carbocycles. The first-order valence-electron chi connectivity index (χ1n) is 6.20. The molecule has 0 aromatic heterocycles. The number of hydrogen-bond donors (Lipinski definition) is 0. The maximum absolute atomic E-state index is 14.0. The normalized spacial score (nSPS) is 10.6. The summed E-state index contributed by atoms with van der Waals surface area (Å²) in [5.41, 5.74) is 2.91. The van der Waals surface area contributed by atoms with Crippen LogP contribution < -0.4 is 4.74 Å². The van der Waals surface area contributed by atoms with E-state index in [1.165, 1.54) is 13.2 Å². The molecular weight excluding hydrogens is 246 g/mol. The van der Waals surface area contributed by atoms with Crippen LogP contribution in [0.3, 0.4) is 0 Å². The third-order valence-electron chi connectivity index (χ3n) is 3.27. The maximum Gasteiger partial charge on any atom is 0.190 e. The average Bonchev–Trinajstić information content (AvgIpc) is 2.43. The quantitative estimate of drug-likeness (QED) is 0.790. The average molecular weight is 262 g/mol. The highest BCUT2D eigenvalue weighted by Crippen LogP contribution is 2.33. The molecule has 0 unspecified atom stereocenters. The van der Waals surface area contributed by atoms with E-state index in [-0.39, 0.29) is 5.75 Å². The van der Waals surface area contributed by atoms with Crippen LogP contribution in [0.25, 0.3) is 11.1 Å². The Morgan fingerprint density at radius 2 is 1.89 bits per heavy atom. The first-order chi connectivity index (χ1) is 9.08. The van der Waals surface area contributed by atoms with Gasteiger partial charge in [-0.15, -0.1) is 0 Å². The molecule has 0 aliphatic rings. The fraction of sp³-hybridized carbons (Fsp3) is 0.250. The predicted octanol–water partition coefficient (Wildman–Crippen LogP) is 4.51. The van der Waals surface area contributed by atoms with Gasteiger partial charge in [-0.2, -0.15) is 0 Å². The number of halogens is 2. The van der Waals surface area contributed by atoms with Crippen LogP contribution in [0.5, 0.6) is 5.75 Å². The van der Waals surface area contributed by atoms with Gasteiger partial charge < -0.3 is 4.74 Å². The summed E-state index contributed by atoms with van der Waals surface area (Å²) in [7, 11) is 1.26. The molecule has 0 amide bonds. The van der Waals surface area contributed by atoms with Crippen molar-refractivity contribution in [2.45, 2.75) is 20.3 Å². The van der Waals surface area contributed by atoms with Crippen molar-refractivity contribution in [2.24, 2.45) is 0 Å². The van der Waals surface area contributed by atoms with E-state index in [0.717, 1.165) is 17.5 Å². The topological polar surface area (TPSA) is 9.23 Å². The Balaban J connectivity index is 2.62. The summed E-state index contributed by atoms with van der Waals surface area (Å²) < 4.78 is 32.6. The largest absolute Gasteiger partial charge is 0.491 e. The van der Waals surface area contributed by atoms with Gasteiger partial charge in [0.15, 0.2) is 17.4 Å². The lowest BCUT2D eigenvalue weighted by Gasteiger charge is -2.12. The van der Waals surface area contributed by atoms with Crippen LogP contribution in [0.15, 0.2) is 30.3 Å². The van der Waals surface area contributed by atoms with Gasteiger partial charge in [-0.3, -0.25) is 0 Å². The third kappa shape index (κ3) is 2.46. The van der Waals surface area contributed by atoms with E-state index < -0.39 is 11.6 Å². The molecule has 0 heterocycles. The van der Waals surface area contributed by atoms with Crippen LogP contribution in [0.1, 0.15) is 18.1 Å². The van der Waals surface area contributed by atoms with Crippen LogP contribution in [-0.4, -0.2) is 7.11 Å². The lowest BCUT2D eigenvalue weighted by Crippen LogP contribution is -1.98. The van der Waals surface area contributed by atoms with Gasteiger partial charge in [0.2, 0.25) is 0 Å². The van der Waals surface area contributed by atoms with E-state index >= 15 is 0 Å². The summed E-state index contributed by atoms with van der Waals surface area (Å²) in [6.07, 6.45) is 0.883. The zero-order valence-electron chi connectivity index (χ0n) is 11.3. The number of methoxy groups -OCH3 is 1. The molecule has 0 bridgehead atoms. The Hall–Kier alpha value is -1.90. The van der Waals surface area contributed by atoms with Crippen molar-refractivity contribution in [1.82, 2.24) is 0 Å². The molecule has 0 atom stereocenters. The molecule has 0 fully saturated rings. The molecule has 3 heteroatoms. The fourth-order valence-electron chi connectivity index (χ4n) is 2.14. The Morgan fingerprint density at radius 1 is 1.16 bits per heavy atom. The van der Waals surface area contributed by atoms with E-state index in [1.807, 2.05) is 31.2 Å². The van der Waals surface area contributed by atoms with Gasteiger partial charge in [-0.1, -0.05) is 31.2 Å². The van der Waals surface area contributed by atoms with Crippen molar-refractivity contribution < 1.29 is 13.5 Å². The minimum Gasteiger partial charge on any atom is -0.491 e. The molecule has 0 radical (unpaired) electrons. The van der Waals surface area contributed by atoms with Crippen molar-refractivity contribution in [3.63, 3.8) is 0 Å². The van der Waals surface area contributed by atoms with E-state index in [0.29, 0.717) is 11.1 Å². The van der Waals surface area contributed by atoms with Crippen molar-refractivity contribution >= 4 is 0 Å². The highest BCUT2D eigenvalue weighted by Gasteiger charge is 2.17. The lowest BCUT2D eigenvalue weighted by molar-refractivity contribution is 0.359. The molecule has 19 heavy (non-hydrogen) atoms. The summed E-state index contributed by atoms with van der Waals surface area (Å²) in [4.78, 5) is 0. The van der Waals surface area contributed by atoms with Crippen LogP contribution in [0.2, 0.25) is 0 Å². The molecule has 0 spiro atoms. The minimum atomic E-state index is -0.678. The van der Waals surface area contributed by atoms with Crippen molar-refractivity contribution in [1.29, 1.82) is 0 Å². The van der Waals surface area contributed by atoms with Crippen LogP contribution >= 0.6 is 0 Å². The molecule has 0 saturated carbocycles. The Labute approximate surface area is 111 Å². The number of aryl methyl sites for hydroxylation is 1. The second-order valence-electron chi connectivity index (χ2n) is 4.43. The Morgan fingerprint density at radius 3 is 2.53 bits per heavy atom. The second-order valence-corrected chi connectivity index (χ2v) is 4.43. The van der Waals surface area contributed by atoms with Gasteiger partial charge in [0.25, 0.3) is 0 Å². The standard InChI is InChI=1S/C16H16F2O/c1-4-11-6-5-7-12(8-11)13-9-14(17)16(19-3)15(18)10(13)2/h5-9H,4H2,1-3H3. The number of hydrogen-bond acceptors (Lipinski definition) is 1. The lowest BCUT2D eigenvalue weighted by atomic mass is 9.97. The third-order valence-corrected chi connectivity index (χ3v) is 3.27. The molecular formula is C16H16F2O. The van der Waals surface area contributed by atoms with Gasteiger partial charge in [-0.05, 0) is 41.7 Å². The highest BCUT2D eigenvalue weighted by molar-refractivity contribution is 5.69. The van der Waals surface area contributed by atoms with Gasteiger partial charge in [0.05, 0.1) is 7.11 Å². The molecule has 2 aromatic rings. The number of ether oxygens (including phenoxy) is 1. The second kappa shape index (κ2) is 5.39. The zero-order chi connectivity index (χ0) is 14.0. The van der Waals surface area contributed by atoms with Crippen LogP contribution in [-0.2, 0) is 6.42 Å². The maximum atomic E-state index is 14.0. The molecule has 1 nitrogen and oxygen atoms in total. The van der Waals surface area contributed by atoms with Crippen molar-refractivity contribution in [3.8, 4) is 16.9 Å². The summed E-state index contributed by atoms with van der Waals surface area (Å²) in [5.74, 6) is -1.64. The first kappa shape index (κ1) is 13.5. The SMILES string of the molecule is CCc1cccc(-c2cc(F)c(OC)c(F)c2C)c1. The first-order valence-corrected chi connectivity index (χ1v) is 6.20. The summed E-state index contributed by atoms with van der Waals surface area (Å²) in [6.45, 7) is 3.67. The number of rotatable bonds is 3. The summed E-state index contributed by atoms with van der Waals surface area (Å²) >= 11 is 0. The van der Waals surface area contributed by atoms with E-state index in [9.17, 15) is 8.78 Å². The minimum absolute atomic E-state index is 0.326. The van der Waals surface area contributed by atoms with Crippen LogP contribution in [0, 0.1) is 18.6 Å². The Bertz CT molecular complexity index is 606. The highest BCUT2D eigenvalue weighted by atomic mass is 19.1. The monoisotopic (exact) mass is 262 g/mol. The number of benzene rings is 2. The van der Waals surface area contributed by atoms with E-state index in [4.69, 9.17) is 4.74 Å². The van der Waals surface area contributed by atoms with Crippen molar-refractivity contribution in [2.75, 3.05) is 7.11 Å².